The Hall–Kier alpha value is -2.88. The van der Waals surface area contributed by atoms with E-state index < -0.39 is 29.8 Å². The number of ether oxygens (including phenoxy) is 2. The summed E-state index contributed by atoms with van der Waals surface area (Å²) in [7, 11) is 0. The molecule has 2 N–H and O–H groups in total. The third-order valence-corrected chi connectivity index (χ3v) is 7.75. The van der Waals surface area contributed by atoms with Gasteiger partial charge in [-0.25, -0.2) is 13.8 Å². The lowest BCUT2D eigenvalue weighted by atomic mass is 9.81. The lowest BCUT2D eigenvalue weighted by molar-refractivity contribution is -0.0135. The molecule has 3 aromatic rings. The highest BCUT2D eigenvalue weighted by atomic mass is 19.1. The van der Waals surface area contributed by atoms with Crippen molar-refractivity contribution in [3.63, 3.8) is 0 Å². The van der Waals surface area contributed by atoms with Gasteiger partial charge in [0.25, 0.3) is 0 Å². The zero-order valence-electron chi connectivity index (χ0n) is 22.7. The largest absolute Gasteiger partial charge is 0.490 e. The Balaban J connectivity index is 1.26. The Morgan fingerprint density at radius 1 is 1.16 bits per heavy atom. The Bertz CT molecular complexity index is 1400. The first kappa shape index (κ1) is 22.1. The molecule has 0 aliphatic carbocycles. The average Bonchev–Trinajstić information content (AvgIpc) is 2.90. The highest BCUT2D eigenvalue weighted by molar-refractivity contribution is 5.86. The molecule has 7 nitrogen and oxygen atoms in total. The number of halogens is 2. The van der Waals surface area contributed by atoms with Gasteiger partial charge in [0, 0.05) is 66.3 Å². The molecule has 2 aromatic heterocycles. The van der Waals surface area contributed by atoms with E-state index in [1.54, 1.807) is 12.4 Å². The first-order chi connectivity index (χ1) is 18.7. The molecule has 2 fully saturated rings. The maximum absolute atomic E-state index is 14.5. The fraction of sp³-hybridized carbons (Fsp3) is 0.500. The van der Waals surface area contributed by atoms with Crippen molar-refractivity contribution >= 4 is 16.6 Å². The molecule has 1 aromatic carbocycles. The van der Waals surface area contributed by atoms with Crippen molar-refractivity contribution in [3.8, 4) is 5.75 Å². The van der Waals surface area contributed by atoms with Crippen LogP contribution < -0.4 is 10.1 Å². The van der Waals surface area contributed by atoms with Crippen molar-refractivity contribution in [2.75, 3.05) is 38.2 Å². The molecule has 0 spiro atoms. The minimum absolute atomic E-state index is 0.0280. The smallest absolute Gasteiger partial charge is 0.168 e. The van der Waals surface area contributed by atoms with Crippen LogP contribution >= 0.6 is 0 Å². The summed E-state index contributed by atoms with van der Waals surface area (Å²) in [4.78, 5) is 11.3. The van der Waals surface area contributed by atoms with Crippen LogP contribution in [0.4, 0.5) is 14.6 Å². The Morgan fingerprint density at radius 3 is 2.89 bits per heavy atom. The zero-order chi connectivity index (χ0) is 27.4. The van der Waals surface area contributed by atoms with Gasteiger partial charge < -0.3 is 19.9 Å². The van der Waals surface area contributed by atoms with Gasteiger partial charge in [0.1, 0.15) is 11.6 Å². The van der Waals surface area contributed by atoms with Gasteiger partial charge in [-0.05, 0) is 43.5 Å². The number of benzene rings is 1. The number of rotatable bonds is 4. The summed E-state index contributed by atoms with van der Waals surface area (Å²) in [6.07, 6.45) is 3.34. The summed E-state index contributed by atoms with van der Waals surface area (Å²) >= 11 is 0. The lowest BCUT2D eigenvalue weighted by Crippen LogP contribution is -2.42. The van der Waals surface area contributed by atoms with Gasteiger partial charge in [-0.2, -0.15) is 0 Å². The fourth-order valence-electron chi connectivity index (χ4n) is 5.87. The summed E-state index contributed by atoms with van der Waals surface area (Å²) in [6, 6.07) is 4.07. The average molecular weight is 513 g/mol. The first-order valence-electron chi connectivity index (χ1n) is 13.8. The van der Waals surface area contributed by atoms with Crippen LogP contribution in [0.25, 0.3) is 10.8 Å². The normalized spacial score (nSPS) is 33.2. The molecular weight excluding hydrogens is 478 g/mol. The zero-order valence-corrected chi connectivity index (χ0v) is 20.7. The van der Waals surface area contributed by atoms with E-state index in [1.165, 1.54) is 6.07 Å². The van der Waals surface area contributed by atoms with Gasteiger partial charge in [-0.15, -0.1) is 0 Å². The topological polar surface area (TPSA) is 79.7 Å². The Kier molecular flexibility index (Phi) is 6.05. The Labute approximate surface area is 217 Å². The molecule has 9 heteroatoms. The summed E-state index contributed by atoms with van der Waals surface area (Å²) < 4.78 is 56.8. The number of anilines is 1. The van der Waals surface area contributed by atoms with E-state index >= 15 is 0 Å². The number of piperidine rings is 1. The van der Waals surface area contributed by atoms with E-state index in [0.29, 0.717) is 38.4 Å². The monoisotopic (exact) mass is 512 g/mol. The van der Waals surface area contributed by atoms with Crippen LogP contribution in [0.1, 0.15) is 52.1 Å². The highest BCUT2D eigenvalue weighted by Crippen LogP contribution is 2.43. The van der Waals surface area contributed by atoms with Crippen LogP contribution in [0.15, 0.2) is 36.7 Å². The number of hydrogen-bond donors (Lipinski definition) is 2. The molecule has 5 atom stereocenters. The molecular formula is C28H32F2N4O3. The van der Waals surface area contributed by atoms with E-state index in [9.17, 15) is 15.3 Å². The van der Waals surface area contributed by atoms with E-state index in [1.807, 2.05) is 17.0 Å². The molecule has 2 saturated heterocycles. The molecule has 3 aliphatic heterocycles. The van der Waals surface area contributed by atoms with E-state index in [4.69, 9.17) is 15.8 Å². The fourth-order valence-corrected chi connectivity index (χ4v) is 5.87. The summed E-state index contributed by atoms with van der Waals surface area (Å²) in [5.74, 6) is -0.733. The van der Waals surface area contributed by atoms with Crippen LogP contribution in [-0.4, -0.2) is 65.0 Å². The molecule has 0 radical (unpaired) electrons. The molecule has 5 heterocycles. The lowest BCUT2D eigenvalue weighted by Gasteiger charge is -2.43. The number of pyridine rings is 2. The third kappa shape index (κ3) is 4.76. The molecule has 37 heavy (non-hydrogen) atoms. The van der Waals surface area contributed by atoms with Crippen LogP contribution in [0.2, 0.25) is 0 Å². The number of likely N-dealkylation sites (tertiary alicyclic amines) is 1. The minimum atomic E-state index is -1.74. The quantitative estimate of drug-likeness (QED) is 0.536. The predicted octanol–water partition coefficient (Wildman–Crippen LogP) is 4.42. The van der Waals surface area contributed by atoms with Gasteiger partial charge in [0.2, 0.25) is 0 Å². The Morgan fingerprint density at radius 2 is 2.05 bits per heavy atom. The maximum Gasteiger partial charge on any atom is 0.168 e. The number of aromatic nitrogens is 2. The minimum Gasteiger partial charge on any atom is -0.490 e. The van der Waals surface area contributed by atoms with Gasteiger partial charge in [0.15, 0.2) is 11.6 Å². The summed E-state index contributed by atoms with van der Waals surface area (Å²) in [5, 5.41) is 15.5. The van der Waals surface area contributed by atoms with E-state index in [2.05, 4.69) is 17.2 Å². The van der Waals surface area contributed by atoms with E-state index in [0.717, 1.165) is 29.0 Å². The predicted molar refractivity (Wildman–Crippen MR) is 136 cm³/mol. The summed E-state index contributed by atoms with van der Waals surface area (Å²) in [6.45, 7) is 3.85. The molecule has 0 amide bonds. The van der Waals surface area contributed by atoms with Crippen LogP contribution in [0.3, 0.4) is 0 Å². The SMILES string of the molecule is [2H][C@@]1(O)COCC[C@H]1Nc1cc2c([C@@H]3CCN([C@]4([2H])CCOc5c(F)cc(F)cc54)C[C@H]3C)nccc2cn1. The number of nitrogens with zero attached hydrogens (tertiary/aromatic N) is 3. The standard InChI is InChI=1S/C28H32F2N4O3/c1-16-14-34(24-5-9-37-28-21(24)10-18(29)11-22(28)30)7-3-19(16)27-20-12-26(32-13-17(20)2-6-31-27)33-23-4-8-36-15-25(23)35/h2,6,10-13,16,19,23-25,35H,3-5,7-9,14-15H2,1H3,(H,32,33)/t16-,19-,23-,24-,25-/m1/s1/i24D,25D. The van der Waals surface area contributed by atoms with Crippen molar-refractivity contribution in [3.05, 3.63) is 59.6 Å². The molecule has 6 rings (SSSR count). The maximum atomic E-state index is 14.5. The number of aliphatic hydroxyl groups is 1. The molecule has 3 aliphatic rings. The van der Waals surface area contributed by atoms with Crippen molar-refractivity contribution in [1.29, 1.82) is 0 Å². The van der Waals surface area contributed by atoms with Gasteiger partial charge in [0.05, 0.1) is 33.8 Å². The van der Waals surface area contributed by atoms with E-state index in [-0.39, 0.29) is 36.4 Å². The molecule has 0 unspecified atom stereocenters. The third-order valence-electron chi connectivity index (χ3n) is 7.75. The second-order valence-corrected chi connectivity index (χ2v) is 10.1. The van der Waals surface area contributed by atoms with Crippen LogP contribution in [-0.2, 0) is 4.74 Å². The van der Waals surface area contributed by atoms with Gasteiger partial charge >= 0.3 is 0 Å². The first-order valence-corrected chi connectivity index (χ1v) is 12.8. The molecule has 196 valence electrons. The van der Waals surface area contributed by atoms with Crippen molar-refractivity contribution in [1.82, 2.24) is 14.9 Å². The second-order valence-electron chi connectivity index (χ2n) is 10.1. The second kappa shape index (κ2) is 10.1. The van der Waals surface area contributed by atoms with Crippen LogP contribution in [0.5, 0.6) is 5.75 Å². The number of nitrogens with one attached hydrogen (secondary N) is 1. The van der Waals surface area contributed by atoms with Gasteiger partial charge in [-0.1, -0.05) is 6.92 Å². The van der Waals surface area contributed by atoms with Crippen LogP contribution in [0, 0.1) is 17.6 Å². The summed E-state index contributed by atoms with van der Waals surface area (Å²) in [5.41, 5.74) is 1.17. The number of hydrogen-bond acceptors (Lipinski definition) is 7. The molecule has 0 bridgehead atoms. The molecule has 0 saturated carbocycles. The van der Waals surface area contributed by atoms with Gasteiger partial charge in [-0.3, -0.25) is 9.88 Å². The van der Waals surface area contributed by atoms with Crippen molar-refractivity contribution in [2.45, 2.75) is 50.2 Å². The highest BCUT2D eigenvalue weighted by Gasteiger charge is 2.36. The van der Waals surface area contributed by atoms with Crippen molar-refractivity contribution < 1.29 is 26.1 Å². The van der Waals surface area contributed by atoms with Crippen molar-refractivity contribution in [2.24, 2.45) is 5.92 Å². The number of fused-ring (bicyclic) bond motifs is 2.